The number of benzene rings is 1. The summed E-state index contributed by atoms with van der Waals surface area (Å²) in [6.45, 7) is 0. The van der Waals surface area contributed by atoms with Crippen molar-refractivity contribution in [1.82, 2.24) is 9.72 Å². The molecule has 0 bridgehead atoms. The molecule has 0 fully saturated rings. The fourth-order valence-corrected chi connectivity index (χ4v) is 4.20. The molecular formula is C13H9FN2O5S2. The van der Waals surface area contributed by atoms with Gasteiger partial charge in [-0.15, -0.1) is 0 Å². The average molecular weight is 356 g/mol. The SMILES string of the molecule is CS(=O)(=O)Cc1cn(-c2noc3c(F)cc(C=O)cc23)c(=O)s1. The molecule has 0 amide bonds. The highest BCUT2D eigenvalue weighted by molar-refractivity contribution is 7.90. The van der Waals surface area contributed by atoms with Crippen molar-refractivity contribution in [1.29, 1.82) is 0 Å². The highest BCUT2D eigenvalue weighted by atomic mass is 32.2. The summed E-state index contributed by atoms with van der Waals surface area (Å²) in [5.41, 5.74) is -0.118. The average Bonchev–Trinajstić information content (AvgIpc) is 3.00. The predicted octanol–water partition coefficient (Wildman–Crippen LogP) is 1.54. The topological polar surface area (TPSA) is 99.2 Å². The number of carbonyl (C=O) groups excluding carboxylic acids is 1. The monoisotopic (exact) mass is 356 g/mol. The number of carbonyl (C=O) groups is 1. The predicted molar refractivity (Wildman–Crippen MR) is 81.4 cm³/mol. The lowest BCUT2D eigenvalue weighted by Crippen LogP contribution is -2.09. The highest BCUT2D eigenvalue weighted by Gasteiger charge is 2.19. The molecule has 2 heterocycles. The van der Waals surface area contributed by atoms with Gasteiger partial charge in [-0.3, -0.25) is 14.2 Å². The van der Waals surface area contributed by atoms with E-state index in [2.05, 4.69) is 5.16 Å². The van der Waals surface area contributed by atoms with Gasteiger partial charge in [0.15, 0.2) is 21.5 Å². The molecule has 0 N–H and O–H groups in total. The molecule has 120 valence electrons. The third kappa shape index (κ3) is 2.94. The molecule has 0 spiro atoms. The number of nitrogens with zero attached hydrogens (tertiary/aromatic N) is 2. The second-order valence-electron chi connectivity index (χ2n) is 4.91. The van der Waals surface area contributed by atoms with Gasteiger partial charge in [0.2, 0.25) is 5.58 Å². The molecular weight excluding hydrogens is 347 g/mol. The van der Waals surface area contributed by atoms with Crippen molar-refractivity contribution < 1.29 is 22.1 Å². The molecule has 3 aromatic rings. The Kier molecular flexibility index (Phi) is 3.65. The van der Waals surface area contributed by atoms with Gasteiger partial charge in [-0.2, -0.15) is 0 Å². The lowest BCUT2D eigenvalue weighted by molar-refractivity contribution is 0.112. The number of hydrogen-bond donors (Lipinski definition) is 0. The summed E-state index contributed by atoms with van der Waals surface area (Å²) in [5.74, 6) is -1.06. The van der Waals surface area contributed by atoms with Crippen LogP contribution < -0.4 is 4.87 Å². The van der Waals surface area contributed by atoms with E-state index >= 15 is 0 Å². The van der Waals surface area contributed by atoms with Crippen molar-refractivity contribution in [3.8, 4) is 5.82 Å². The number of rotatable bonds is 4. The lowest BCUT2D eigenvalue weighted by Gasteiger charge is -1.97. The minimum absolute atomic E-state index is 0.00333. The molecule has 0 atom stereocenters. The van der Waals surface area contributed by atoms with Crippen molar-refractivity contribution in [2.45, 2.75) is 5.75 Å². The van der Waals surface area contributed by atoms with Gasteiger partial charge in [0.05, 0.1) is 11.1 Å². The normalized spacial score (nSPS) is 11.9. The molecule has 0 radical (unpaired) electrons. The van der Waals surface area contributed by atoms with Crippen LogP contribution in [0.1, 0.15) is 15.2 Å². The highest BCUT2D eigenvalue weighted by Crippen LogP contribution is 2.25. The second-order valence-corrected chi connectivity index (χ2v) is 8.12. The van der Waals surface area contributed by atoms with Crippen LogP contribution in [0.3, 0.4) is 0 Å². The number of sulfone groups is 1. The number of halogens is 1. The summed E-state index contributed by atoms with van der Waals surface area (Å²) in [6.07, 6.45) is 2.83. The van der Waals surface area contributed by atoms with Gasteiger partial charge in [-0.25, -0.2) is 12.8 Å². The third-order valence-electron chi connectivity index (χ3n) is 2.99. The van der Waals surface area contributed by atoms with Gasteiger partial charge in [0.1, 0.15) is 6.29 Å². The second kappa shape index (κ2) is 5.39. The maximum atomic E-state index is 13.8. The van der Waals surface area contributed by atoms with E-state index in [9.17, 15) is 22.4 Å². The van der Waals surface area contributed by atoms with E-state index in [-0.39, 0.29) is 28.1 Å². The summed E-state index contributed by atoms with van der Waals surface area (Å²) < 4.78 is 42.4. The van der Waals surface area contributed by atoms with Gasteiger partial charge in [-0.1, -0.05) is 16.5 Å². The zero-order chi connectivity index (χ0) is 16.8. The Morgan fingerprint density at radius 1 is 1.43 bits per heavy atom. The van der Waals surface area contributed by atoms with Crippen LogP contribution in [0.25, 0.3) is 16.8 Å². The Labute approximate surface area is 132 Å². The molecule has 23 heavy (non-hydrogen) atoms. The maximum Gasteiger partial charge on any atom is 0.313 e. The molecule has 1 aromatic carbocycles. The first-order chi connectivity index (χ1) is 10.8. The molecule has 0 aliphatic heterocycles. The molecule has 2 aromatic heterocycles. The first kappa shape index (κ1) is 15.6. The van der Waals surface area contributed by atoms with E-state index < -0.39 is 20.5 Å². The van der Waals surface area contributed by atoms with Crippen LogP contribution in [0.15, 0.2) is 27.6 Å². The van der Waals surface area contributed by atoms with E-state index in [1.54, 1.807) is 0 Å². The summed E-state index contributed by atoms with van der Waals surface area (Å²) in [4.78, 5) is 22.7. The van der Waals surface area contributed by atoms with Crippen molar-refractivity contribution in [3.05, 3.63) is 44.3 Å². The van der Waals surface area contributed by atoms with Crippen LogP contribution in [0, 0.1) is 5.82 Å². The molecule has 10 heteroatoms. The molecule has 7 nitrogen and oxygen atoms in total. The smallest absolute Gasteiger partial charge is 0.313 e. The molecule has 0 saturated carbocycles. The number of aldehydes is 1. The summed E-state index contributed by atoms with van der Waals surface area (Å²) >= 11 is 0.745. The summed E-state index contributed by atoms with van der Waals surface area (Å²) in [5, 5.41) is 3.81. The first-order valence-electron chi connectivity index (χ1n) is 6.22. The fourth-order valence-electron chi connectivity index (χ4n) is 2.11. The molecule has 3 rings (SSSR count). The van der Waals surface area contributed by atoms with Gasteiger partial charge < -0.3 is 4.52 Å². The maximum absolute atomic E-state index is 13.8. The minimum atomic E-state index is -3.30. The van der Waals surface area contributed by atoms with Crippen molar-refractivity contribution in [3.63, 3.8) is 0 Å². The fraction of sp³-hybridized carbons (Fsp3) is 0.154. The van der Waals surface area contributed by atoms with Crippen LogP contribution in [-0.2, 0) is 15.6 Å². The Morgan fingerprint density at radius 2 is 2.17 bits per heavy atom. The van der Waals surface area contributed by atoms with Crippen LogP contribution >= 0.6 is 11.3 Å². The van der Waals surface area contributed by atoms with Crippen molar-refractivity contribution in [2.75, 3.05) is 6.26 Å². The third-order valence-corrected chi connectivity index (χ3v) is 4.89. The van der Waals surface area contributed by atoms with E-state index in [4.69, 9.17) is 4.52 Å². The van der Waals surface area contributed by atoms with Gasteiger partial charge >= 0.3 is 4.87 Å². The van der Waals surface area contributed by atoms with Gasteiger partial charge in [0, 0.05) is 22.9 Å². The molecule has 0 saturated heterocycles. The Morgan fingerprint density at radius 3 is 2.83 bits per heavy atom. The van der Waals surface area contributed by atoms with Crippen LogP contribution in [0.5, 0.6) is 0 Å². The zero-order valence-corrected chi connectivity index (χ0v) is 13.3. The molecule has 0 unspecified atom stereocenters. The summed E-state index contributed by atoms with van der Waals surface area (Å²) in [7, 11) is -3.30. The zero-order valence-electron chi connectivity index (χ0n) is 11.6. The summed E-state index contributed by atoms with van der Waals surface area (Å²) in [6, 6.07) is 2.34. The van der Waals surface area contributed by atoms with Crippen molar-refractivity contribution in [2.24, 2.45) is 0 Å². The number of hydrogen-bond acceptors (Lipinski definition) is 7. The number of fused-ring (bicyclic) bond motifs is 1. The quantitative estimate of drug-likeness (QED) is 0.658. The van der Waals surface area contributed by atoms with Crippen LogP contribution in [-0.4, -0.2) is 30.7 Å². The number of aromatic nitrogens is 2. The standard InChI is InChI=1S/C13H9FN2O5S2/c1-23(19,20)6-8-4-16(13(18)22-8)12-9-2-7(5-17)3-10(14)11(9)21-15-12/h2-5H,6H2,1H3. The Hall–Kier alpha value is -2.33. The Bertz CT molecular complexity index is 1080. The molecule has 0 aliphatic carbocycles. The molecule has 0 aliphatic rings. The minimum Gasteiger partial charge on any atom is -0.351 e. The van der Waals surface area contributed by atoms with Gasteiger partial charge in [-0.05, 0) is 12.1 Å². The van der Waals surface area contributed by atoms with Crippen LogP contribution in [0.2, 0.25) is 0 Å². The number of thiazole rings is 1. The lowest BCUT2D eigenvalue weighted by atomic mass is 10.1. The van der Waals surface area contributed by atoms with E-state index in [1.165, 1.54) is 12.3 Å². The van der Waals surface area contributed by atoms with Crippen LogP contribution in [0.4, 0.5) is 4.39 Å². The first-order valence-corrected chi connectivity index (χ1v) is 9.10. The van der Waals surface area contributed by atoms with E-state index in [1.807, 2.05) is 0 Å². The van der Waals surface area contributed by atoms with E-state index in [0.29, 0.717) is 11.2 Å². The van der Waals surface area contributed by atoms with E-state index in [0.717, 1.165) is 28.2 Å². The van der Waals surface area contributed by atoms with Crippen molar-refractivity contribution >= 4 is 38.4 Å². The Balaban J connectivity index is 2.19. The largest absolute Gasteiger partial charge is 0.351 e. The van der Waals surface area contributed by atoms with Gasteiger partial charge in [0.25, 0.3) is 0 Å².